The lowest BCUT2D eigenvalue weighted by Crippen LogP contribution is -2.49. The molecule has 1 saturated heterocycles. The summed E-state index contributed by atoms with van der Waals surface area (Å²) in [6.07, 6.45) is -4.81. The molecule has 0 saturated carbocycles. The van der Waals surface area contributed by atoms with Crippen LogP contribution in [0.3, 0.4) is 0 Å². The number of amides is 1. The van der Waals surface area contributed by atoms with E-state index in [1.807, 2.05) is 0 Å². The molecular weight excluding hydrogens is 443 g/mol. The molecule has 4 rings (SSSR count). The highest BCUT2D eigenvalue weighted by Crippen LogP contribution is 2.32. The van der Waals surface area contributed by atoms with Crippen LogP contribution in [0.5, 0.6) is 0 Å². The number of benzene rings is 1. The molecule has 3 aromatic rings. The molecule has 172 valence electrons. The van der Waals surface area contributed by atoms with E-state index in [2.05, 4.69) is 20.5 Å². The average molecular weight is 461 g/mol. The number of rotatable bonds is 5. The Morgan fingerprint density at radius 1 is 0.939 bits per heavy atom. The first kappa shape index (κ1) is 22.2. The molecule has 1 aliphatic heterocycles. The Morgan fingerprint density at radius 3 is 2.21 bits per heavy atom. The van der Waals surface area contributed by atoms with Gasteiger partial charge in [-0.1, -0.05) is 35.5 Å². The highest BCUT2D eigenvalue weighted by molar-refractivity contribution is 5.93. The summed E-state index contributed by atoms with van der Waals surface area (Å²) in [6, 6.07) is 11.3. The standard InChI is InChI=1S/C20H18F3N7O3/c21-20(22,23)17-16(26-27-30(17)12-13-4-2-1-3-5-13)18(31)29-10-8-28(9-11-29)15-7-6-14(19(32)33)24-25-15/h1-7H,8-12H2,(H,32,33). The van der Waals surface area contributed by atoms with Gasteiger partial charge in [0, 0.05) is 26.2 Å². The number of carboxylic acid groups (broad SMARTS) is 1. The van der Waals surface area contributed by atoms with E-state index >= 15 is 0 Å². The van der Waals surface area contributed by atoms with Crippen LogP contribution in [0.4, 0.5) is 19.0 Å². The van der Waals surface area contributed by atoms with Gasteiger partial charge in [0.25, 0.3) is 5.91 Å². The molecule has 1 N–H and O–H groups in total. The van der Waals surface area contributed by atoms with E-state index < -0.39 is 29.4 Å². The van der Waals surface area contributed by atoms with E-state index in [9.17, 15) is 22.8 Å². The average Bonchev–Trinajstić information content (AvgIpc) is 3.23. The molecule has 0 spiro atoms. The molecule has 1 fully saturated rings. The van der Waals surface area contributed by atoms with Gasteiger partial charge >= 0.3 is 12.1 Å². The summed E-state index contributed by atoms with van der Waals surface area (Å²) >= 11 is 0. The van der Waals surface area contributed by atoms with E-state index in [0.29, 0.717) is 16.1 Å². The zero-order valence-electron chi connectivity index (χ0n) is 17.1. The summed E-state index contributed by atoms with van der Waals surface area (Å²) in [5.74, 6) is -1.64. The number of nitrogens with zero attached hydrogens (tertiary/aromatic N) is 7. The lowest BCUT2D eigenvalue weighted by atomic mass is 10.2. The molecule has 0 atom stereocenters. The van der Waals surface area contributed by atoms with Crippen LogP contribution in [0.1, 0.15) is 32.2 Å². The molecule has 0 aliphatic carbocycles. The van der Waals surface area contributed by atoms with Gasteiger partial charge in [0.2, 0.25) is 0 Å². The number of hydrogen-bond acceptors (Lipinski definition) is 7. The first-order chi connectivity index (χ1) is 15.7. The third-order valence-corrected chi connectivity index (χ3v) is 5.14. The highest BCUT2D eigenvalue weighted by atomic mass is 19.4. The number of hydrogen-bond donors (Lipinski definition) is 1. The van der Waals surface area contributed by atoms with Gasteiger partial charge in [-0.3, -0.25) is 4.79 Å². The number of anilines is 1. The van der Waals surface area contributed by atoms with Crippen LogP contribution in [0.25, 0.3) is 0 Å². The van der Waals surface area contributed by atoms with Gasteiger partial charge in [0.05, 0.1) is 6.54 Å². The van der Waals surface area contributed by atoms with Crippen molar-refractivity contribution in [3.63, 3.8) is 0 Å². The van der Waals surface area contributed by atoms with Crippen molar-refractivity contribution in [3.05, 3.63) is 65.1 Å². The van der Waals surface area contributed by atoms with E-state index in [1.165, 1.54) is 17.0 Å². The number of carboxylic acids is 1. The molecule has 2 aromatic heterocycles. The van der Waals surface area contributed by atoms with Crippen LogP contribution in [-0.4, -0.2) is 73.3 Å². The van der Waals surface area contributed by atoms with Crippen LogP contribution in [-0.2, 0) is 12.7 Å². The van der Waals surface area contributed by atoms with Crippen LogP contribution >= 0.6 is 0 Å². The molecular formula is C20H18F3N7O3. The number of alkyl halides is 3. The van der Waals surface area contributed by atoms with Crippen molar-refractivity contribution in [1.82, 2.24) is 30.1 Å². The third-order valence-electron chi connectivity index (χ3n) is 5.14. The van der Waals surface area contributed by atoms with Crippen LogP contribution in [0.15, 0.2) is 42.5 Å². The van der Waals surface area contributed by atoms with Crippen molar-refractivity contribution in [3.8, 4) is 0 Å². The second-order valence-corrected chi connectivity index (χ2v) is 7.29. The maximum absolute atomic E-state index is 13.8. The molecule has 0 unspecified atom stereocenters. The Kier molecular flexibility index (Phi) is 5.94. The first-order valence-electron chi connectivity index (χ1n) is 9.90. The smallest absolute Gasteiger partial charge is 0.435 e. The van der Waals surface area contributed by atoms with Crippen molar-refractivity contribution in [2.75, 3.05) is 31.1 Å². The maximum atomic E-state index is 13.8. The fraction of sp³-hybridized carbons (Fsp3) is 0.300. The molecule has 33 heavy (non-hydrogen) atoms. The van der Waals surface area contributed by atoms with Gasteiger partial charge in [0.15, 0.2) is 22.9 Å². The SMILES string of the molecule is O=C(O)c1ccc(N2CCN(C(=O)c3nnn(Cc4ccccc4)c3C(F)(F)F)CC2)nn1. The van der Waals surface area contributed by atoms with E-state index in [0.717, 1.165) is 0 Å². The lowest BCUT2D eigenvalue weighted by molar-refractivity contribution is -0.144. The van der Waals surface area contributed by atoms with Gasteiger partial charge in [-0.2, -0.15) is 13.2 Å². The fourth-order valence-corrected chi connectivity index (χ4v) is 3.50. The topological polar surface area (TPSA) is 117 Å². The second kappa shape index (κ2) is 8.84. The Hall–Kier alpha value is -4.03. The maximum Gasteiger partial charge on any atom is 0.435 e. The van der Waals surface area contributed by atoms with Crippen molar-refractivity contribution >= 4 is 17.7 Å². The van der Waals surface area contributed by atoms with Crippen molar-refractivity contribution in [1.29, 1.82) is 0 Å². The third kappa shape index (κ3) is 4.76. The molecule has 13 heteroatoms. The number of halogens is 3. The predicted molar refractivity (Wildman–Crippen MR) is 108 cm³/mol. The van der Waals surface area contributed by atoms with Crippen LogP contribution in [0.2, 0.25) is 0 Å². The minimum absolute atomic E-state index is 0.129. The Labute approximate surface area is 185 Å². The predicted octanol–water partition coefficient (Wildman–Crippen LogP) is 1.80. The van der Waals surface area contributed by atoms with Crippen molar-refractivity contribution in [2.45, 2.75) is 12.7 Å². The highest BCUT2D eigenvalue weighted by Gasteiger charge is 2.42. The minimum atomic E-state index is -4.81. The molecule has 3 heterocycles. The van der Waals surface area contributed by atoms with Crippen LogP contribution < -0.4 is 4.90 Å². The Morgan fingerprint density at radius 2 is 1.64 bits per heavy atom. The molecule has 0 bridgehead atoms. The summed E-state index contributed by atoms with van der Waals surface area (Å²) in [5, 5.41) is 23.5. The summed E-state index contributed by atoms with van der Waals surface area (Å²) in [5.41, 5.74) is -1.53. The molecule has 1 aliphatic rings. The van der Waals surface area contributed by atoms with Gasteiger partial charge in [-0.25, -0.2) is 9.48 Å². The number of piperazine rings is 1. The molecule has 0 radical (unpaired) electrons. The van der Waals surface area contributed by atoms with E-state index in [-0.39, 0.29) is 38.4 Å². The second-order valence-electron chi connectivity index (χ2n) is 7.29. The largest absolute Gasteiger partial charge is 0.476 e. The zero-order valence-corrected chi connectivity index (χ0v) is 17.1. The number of aromatic nitrogens is 5. The van der Waals surface area contributed by atoms with Crippen molar-refractivity contribution < 1.29 is 27.9 Å². The van der Waals surface area contributed by atoms with Gasteiger partial charge < -0.3 is 14.9 Å². The summed E-state index contributed by atoms with van der Waals surface area (Å²) < 4.78 is 42.1. The summed E-state index contributed by atoms with van der Waals surface area (Å²) in [4.78, 5) is 26.8. The minimum Gasteiger partial charge on any atom is -0.476 e. The number of aromatic carboxylic acids is 1. The number of carbonyl (C=O) groups excluding carboxylic acids is 1. The molecule has 1 aromatic carbocycles. The number of carbonyl (C=O) groups is 2. The monoisotopic (exact) mass is 461 g/mol. The Balaban J connectivity index is 1.49. The summed E-state index contributed by atoms with van der Waals surface area (Å²) in [6.45, 7) is 0.654. The van der Waals surface area contributed by atoms with Gasteiger partial charge in [-0.15, -0.1) is 15.3 Å². The zero-order chi connectivity index (χ0) is 23.6. The lowest BCUT2D eigenvalue weighted by Gasteiger charge is -2.34. The Bertz CT molecular complexity index is 1140. The quantitative estimate of drug-likeness (QED) is 0.611. The van der Waals surface area contributed by atoms with Gasteiger partial charge in [0.1, 0.15) is 0 Å². The van der Waals surface area contributed by atoms with Crippen molar-refractivity contribution in [2.24, 2.45) is 0 Å². The first-order valence-corrected chi connectivity index (χ1v) is 9.90. The molecule has 10 nitrogen and oxygen atoms in total. The normalized spacial score (nSPS) is 14.4. The summed E-state index contributed by atoms with van der Waals surface area (Å²) in [7, 11) is 0. The fourth-order valence-electron chi connectivity index (χ4n) is 3.50. The van der Waals surface area contributed by atoms with Crippen LogP contribution in [0, 0.1) is 0 Å². The van der Waals surface area contributed by atoms with E-state index in [4.69, 9.17) is 5.11 Å². The van der Waals surface area contributed by atoms with E-state index in [1.54, 1.807) is 35.2 Å². The van der Waals surface area contributed by atoms with Gasteiger partial charge in [-0.05, 0) is 17.7 Å². The molecule has 1 amide bonds.